The molecule has 1 aliphatic heterocycles. The minimum absolute atomic E-state index is 0.115. The second-order valence-corrected chi connectivity index (χ2v) is 12.1. The number of aliphatic hydroxyl groups is 1. The predicted octanol–water partition coefficient (Wildman–Crippen LogP) is 3.85. The zero-order valence-corrected chi connectivity index (χ0v) is 22.4. The van der Waals surface area contributed by atoms with Crippen LogP contribution in [-0.4, -0.2) is 72.7 Å². The van der Waals surface area contributed by atoms with Crippen LogP contribution in [0.1, 0.15) is 54.6 Å². The van der Waals surface area contributed by atoms with Crippen LogP contribution in [0.15, 0.2) is 53.4 Å². The van der Waals surface area contributed by atoms with Crippen LogP contribution in [0, 0.1) is 5.92 Å². The maximum absolute atomic E-state index is 13.7. The van der Waals surface area contributed by atoms with Gasteiger partial charge in [-0.2, -0.15) is 4.31 Å². The molecule has 37 heavy (non-hydrogen) atoms. The summed E-state index contributed by atoms with van der Waals surface area (Å²) in [6.45, 7) is 4.63. The van der Waals surface area contributed by atoms with Gasteiger partial charge in [-0.25, -0.2) is 13.2 Å². The smallest absolute Gasteiger partial charge is 0.335 e. The van der Waals surface area contributed by atoms with E-state index >= 15 is 0 Å². The number of rotatable bonds is 8. The molecule has 0 saturated carbocycles. The highest BCUT2D eigenvalue weighted by Gasteiger charge is 2.38. The number of aromatic carboxylic acids is 1. The number of benzene rings is 2. The Hall–Kier alpha value is -2.72. The van der Waals surface area contributed by atoms with E-state index in [1.165, 1.54) is 9.88 Å². The quantitative estimate of drug-likeness (QED) is 0.536. The van der Waals surface area contributed by atoms with Crippen LogP contribution in [0.3, 0.4) is 0 Å². The molecule has 0 saturated heterocycles. The molecular weight excluding hydrogens is 492 g/mol. The highest BCUT2D eigenvalue weighted by Crippen LogP contribution is 2.37. The van der Waals surface area contributed by atoms with Gasteiger partial charge in [0.05, 0.1) is 12.2 Å². The molecule has 0 fully saturated rings. The number of fused-ring (bicyclic) bond motifs is 1. The third kappa shape index (κ3) is 6.06. The first kappa shape index (κ1) is 27.3. The van der Waals surface area contributed by atoms with Crippen molar-refractivity contribution in [3.63, 3.8) is 0 Å². The number of carbonyl (C=O) groups is 1. The van der Waals surface area contributed by atoms with Gasteiger partial charge in [0.15, 0.2) is 0 Å². The molecule has 8 nitrogen and oxygen atoms in total. The van der Waals surface area contributed by atoms with E-state index in [0.717, 1.165) is 30.4 Å². The number of hydrogen-bond donors (Lipinski definition) is 2. The van der Waals surface area contributed by atoms with Crippen LogP contribution in [0.5, 0.6) is 5.75 Å². The fourth-order valence-corrected chi connectivity index (χ4v) is 6.89. The molecule has 0 aromatic heterocycles. The summed E-state index contributed by atoms with van der Waals surface area (Å²) in [7, 11) is -1.94. The molecule has 4 rings (SSSR count). The van der Waals surface area contributed by atoms with Crippen LogP contribution in [0.4, 0.5) is 0 Å². The minimum atomic E-state index is -3.88. The molecule has 0 radical (unpaired) electrons. The van der Waals surface area contributed by atoms with Crippen molar-refractivity contribution in [2.75, 3.05) is 26.7 Å². The Morgan fingerprint density at radius 3 is 2.70 bits per heavy atom. The maximum atomic E-state index is 13.7. The Morgan fingerprint density at radius 1 is 1.24 bits per heavy atom. The summed E-state index contributed by atoms with van der Waals surface area (Å²) in [5.74, 6) is -0.803. The van der Waals surface area contributed by atoms with Gasteiger partial charge < -0.3 is 14.9 Å². The first-order chi connectivity index (χ1) is 17.6. The zero-order chi connectivity index (χ0) is 26.7. The lowest BCUT2D eigenvalue weighted by atomic mass is 10.0. The number of carboxylic acids is 1. The van der Waals surface area contributed by atoms with Gasteiger partial charge in [0.2, 0.25) is 10.0 Å². The van der Waals surface area contributed by atoms with Crippen LogP contribution in [0.2, 0.25) is 0 Å². The van der Waals surface area contributed by atoms with Gasteiger partial charge in [0, 0.05) is 31.6 Å². The molecule has 9 heteroatoms. The van der Waals surface area contributed by atoms with E-state index in [1.807, 2.05) is 32.2 Å². The number of allylic oxidation sites excluding steroid dienone is 2. The first-order valence-electron chi connectivity index (χ1n) is 12.7. The van der Waals surface area contributed by atoms with Crippen LogP contribution >= 0.6 is 0 Å². The lowest BCUT2D eigenvalue weighted by molar-refractivity contribution is 0.0693. The van der Waals surface area contributed by atoms with Crippen molar-refractivity contribution in [1.82, 2.24) is 9.21 Å². The largest absolute Gasteiger partial charge is 0.487 e. The molecule has 1 heterocycles. The lowest BCUT2D eigenvalue weighted by Gasteiger charge is -2.37. The number of nitrogens with zero attached hydrogens (tertiary/aromatic N) is 2. The summed E-state index contributed by atoms with van der Waals surface area (Å²) < 4.78 is 35.2. The summed E-state index contributed by atoms with van der Waals surface area (Å²) >= 11 is 0. The Morgan fingerprint density at radius 2 is 2.03 bits per heavy atom. The molecule has 2 aliphatic rings. The standard InChI is InChI=1S/C28H36N2O6S/c1-19-15-30(20(2)18-31)37(34,35)27-12-11-23(22-8-4-5-9-22)14-25(27)36-26(19)17-29(3)16-21-7-6-10-24(13-21)28(32)33/h6-8,10-14,19-20,26,31H,4-5,9,15-18H2,1-3H3,(H,32,33)/t19-,20+,26+/m0/s1. The highest BCUT2D eigenvalue weighted by atomic mass is 32.2. The van der Waals surface area contributed by atoms with E-state index in [0.29, 0.717) is 18.8 Å². The van der Waals surface area contributed by atoms with Gasteiger partial charge in [-0.15, -0.1) is 0 Å². The number of likely N-dealkylation sites (N-methyl/N-ethyl adjacent to an activating group) is 1. The average Bonchev–Trinajstić information content (AvgIpc) is 3.40. The van der Waals surface area contributed by atoms with E-state index in [9.17, 15) is 23.4 Å². The monoisotopic (exact) mass is 528 g/mol. The predicted molar refractivity (Wildman–Crippen MR) is 142 cm³/mol. The fraction of sp³-hybridized carbons (Fsp3) is 0.464. The molecule has 3 atom stereocenters. The zero-order valence-electron chi connectivity index (χ0n) is 21.6. The second kappa shape index (κ2) is 11.3. The van der Waals surface area contributed by atoms with Gasteiger partial charge >= 0.3 is 5.97 Å². The Balaban J connectivity index is 1.66. The van der Waals surface area contributed by atoms with Gasteiger partial charge in [0.1, 0.15) is 16.7 Å². The SMILES string of the molecule is C[C@H](CO)N1C[C@H](C)[C@@H](CN(C)Cc2cccc(C(=O)O)c2)Oc2cc(C3=CCCC3)ccc2S1(=O)=O. The summed E-state index contributed by atoms with van der Waals surface area (Å²) in [4.78, 5) is 13.5. The molecule has 2 aromatic rings. The topological polar surface area (TPSA) is 107 Å². The van der Waals surface area contributed by atoms with E-state index < -0.39 is 22.0 Å². The van der Waals surface area contributed by atoms with Crippen LogP contribution < -0.4 is 4.74 Å². The first-order valence-corrected chi connectivity index (χ1v) is 14.2. The van der Waals surface area contributed by atoms with Crippen molar-refractivity contribution in [2.45, 2.75) is 56.7 Å². The van der Waals surface area contributed by atoms with Gasteiger partial charge in [0.25, 0.3) is 0 Å². The van der Waals surface area contributed by atoms with E-state index in [1.54, 1.807) is 31.2 Å². The second-order valence-electron chi connectivity index (χ2n) is 10.2. The number of carboxylic acid groups (broad SMARTS) is 1. The average molecular weight is 529 g/mol. The third-order valence-electron chi connectivity index (χ3n) is 7.20. The third-order valence-corrected chi connectivity index (χ3v) is 9.22. The normalized spacial score (nSPS) is 22.5. The van der Waals surface area contributed by atoms with Crippen molar-refractivity contribution >= 4 is 21.6 Å². The van der Waals surface area contributed by atoms with Gasteiger partial charge in [-0.1, -0.05) is 31.2 Å². The van der Waals surface area contributed by atoms with Gasteiger partial charge in [-0.05, 0) is 74.2 Å². The summed E-state index contributed by atoms with van der Waals surface area (Å²) in [5.41, 5.74) is 3.28. The Bertz CT molecular complexity index is 1280. The van der Waals surface area contributed by atoms with Crippen LogP contribution in [0.25, 0.3) is 5.57 Å². The Kier molecular flexibility index (Phi) is 8.38. The number of ether oxygens (including phenoxy) is 1. The lowest BCUT2D eigenvalue weighted by Crippen LogP contribution is -2.49. The molecule has 2 N–H and O–H groups in total. The Labute approximate surface area is 219 Å². The molecule has 2 aromatic carbocycles. The van der Waals surface area contributed by atoms with Crippen molar-refractivity contribution < 1.29 is 28.2 Å². The maximum Gasteiger partial charge on any atom is 0.335 e. The molecular formula is C28H36N2O6S. The van der Waals surface area contributed by atoms with E-state index in [-0.39, 0.29) is 35.6 Å². The van der Waals surface area contributed by atoms with E-state index in [4.69, 9.17) is 4.74 Å². The molecule has 1 aliphatic carbocycles. The molecule has 0 amide bonds. The molecule has 0 spiro atoms. The fourth-order valence-electron chi connectivity index (χ4n) is 5.06. The van der Waals surface area contributed by atoms with Crippen molar-refractivity contribution in [1.29, 1.82) is 0 Å². The number of hydrogen-bond acceptors (Lipinski definition) is 6. The van der Waals surface area contributed by atoms with Crippen molar-refractivity contribution in [3.8, 4) is 5.75 Å². The van der Waals surface area contributed by atoms with Crippen molar-refractivity contribution in [3.05, 3.63) is 65.2 Å². The molecule has 0 unspecified atom stereocenters. The number of sulfonamides is 1. The molecule has 0 bridgehead atoms. The summed E-state index contributed by atoms with van der Waals surface area (Å²) in [6, 6.07) is 11.6. The minimum Gasteiger partial charge on any atom is -0.487 e. The van der Waals surface area contributed by atoms with Crippen LogP contribution in [-0.2, 0) is 16.6 Å². The van der Waals surface area contributed by atoms with Gasteiger partial charge in [-0.3, -0.25) is 4.90 Å². The summed E-state index contributed by atoms with van der Waals surface area (Å²) in [5, 5.41) is 19.2. The summed E-state index contributed by atoms with van der Waals surface area (Å²) in [6.07, 6.45) is 4.92. The number of aliphatic hydroxyl groups excluding tert-OH is 1. The van der Waals surface area contributed by atoms with Crippen molar-refractivity contribution in [2.24, 2.45) is 5.92 Å². The van der Waals surface area contributed by atoms with E-state index in [2.05, 4.69) is 11.0 Å². The molecule has 200 valence electrons. The highest BCUT2D eigenvalue weighted by molar-refractivity contribution is 7.89.